The molecule has 0 saturated heterocycles. The molecule has 98 valence electrons. The number of carbonyl (C=O) groups excluding carboxylic acids is 1. The standard InChI is InChI=1S/C14H19ClN2O/c1-9-3-2-4-10(9)8-17-14(18)12-6-5-11(15)7-13(12)16/h5-7,9-10H,2-4,8,16H2,1H3,(H,17,18). The van der Waals surface area contributed by atoms with E-state index in [9.17, 15) is 4.79 Å². The zero-order chi connectivity index (χ0) is 13.1. The number of nitrogen functional groups attached to an aromatic ring is 1. The van der Waals surface area contributed by atoms with Gasteiger partial charge in [-0.3, -0.25) is 4.79 Å². The number of benzene rings is 1. The van der Waals surface area contributed by atoms with Crippen LogP contribution in [-0.4, -0.2) is 12.5 Å². The summed E-state index contributed by atoms with van der Waals surface area (Å²) in [5.74, 6) is 1.19. The van der Waals surface area contributed by atoms with Crippen LogP contribution in [0.5, 0.6) is 0 Å². The summed E-state index contributed by atoms with van der Waals surface area (Å²) in [7, 11) is 0. The SMILES string of the molecule is CC1CCCC1CNC(=O)c1ccc(Cl)cc1N. The smallest absolute Gasteiger partial charge is 0.253 e. The number of anilines is 1. The van der Waals surface area contributed by atoms with Crippen molar-refractivity contribution in [2.45, 2.75) is 26.2 Å². The lowest BCUT2D eigenvalue weighted by atomic mass is 9.98. The van der Waals surface area contributed by atoms with Crippen molar-refractivity contribution in [2.24, 2.45) is 11.8 Å². The first-order valence-corrected chi connectivity index (χ1v) is 6.79. The summed E-state index contributed by atoms with van der Waals surface area (Å²) in [4.78, 5) is 12.0. The molecule has 1 aliphatic carbocycles. The minimum absolute atomic E-state index is 0.108. The van der Waals surface area contributed by atoms with Crippen LogP contribution in [0.1, 0.15) is 36.5 Å². The summed E-state index contributed by atoms with van der Waals surface area (Å²) < 4.78 is 0. The molecule has 0 heterocycles. The molecular weight excluding hydrogens is 248 g/mol. The van der Waals surface area contributed by atoms with Gasteiger partial charge in [-0.15, -0.1) is 0 Å². The predicted molar refractivity (Wildman–Crippen MR) is 74.7 cm³/mol. The monoisotopic (exact) mass is 266 g/mol. The Morgan fingerprint density at radius 2 is 2.28 bits per heavy atom. The van der Waals surface area contributed by atoms with Gasteiger partial charge >= 0.3 is 0 Å². The molecule has 1 fully saturated rings. The number of rotatable bonds is 3. The Bertz CT molecular complexity index is 447. The Balaban J connectivity index is 1.95. The molecule has 1 aromatic rings. The van der Waals surface area contributed by atoms with Gasteiger partial charge in [0.25, 0.3) is 5.91 Å². The highest BCUT2D eigenvalue weighted by molar-refractivity contribution is 6.31. The molecule has 1 saturated carbocycles. The predicted octanol–water partition coefficient (Wildman–Crippen LogP) is 3.09. The molecular formula is C14H19ClN2O. The van der Waals surface area contributed by atoms with Crippen LogP contribution in [0.25, 0.3) is 0 Å². The van der Waals surface area contributed by atoms with E-state index in [0.717, 1.165) is 6.54 Å². The topological polar surface area (TPSA) is 55.1 Å². The third-order valence-electron chi connectivity index (χ3n) is 3.82. The van der Waals surface area contributed by atoms with Gasteiger partial charge in [-0.2, -0.15) is 0 Å². The Labute approximate surface area is 113 Å². The minimum Gasteiger partial charge on any atom is -0.398 e. The van der Waals surface area contributed by atoms with Crippen molar-refractivity contribution in [3.63, 3.8) is 0 Å². The van der Waals surface area contributed by atoms with Gasteiger partial charge in [-0.1, -0.05) is 31.4 Å². The van der Waals surface area contributed by atoms with E-state index in [0.29, 0.717) is 28.1 Å². The average Bonchev–Trinajstić information content (AvgIpc) is 2.72. The van der Waals surface area contributed by atoms with Crippen LogP contribution in [0.15, 0.2) is 18.2 Å². The number of amides is 1. The lowest BCUT2D eigenvalue weighted by Crippen LogP contribution is -2.30. The van der Waals surface area contributed by atoms with Gasteiger partial charge in [-0.05, 0) is 36.5 Å². The zero-order valence-corrected chi connectivity index (χ0v) is 11.3. The Morgan fingerprint density at radius 3 is 2.89 bits per heavy atom. The Morgan fingerprint density at radius 1 is 1.50 bits per heavy atom. The number of halogens is 1. The second-order valence-electron chi connectivity index (χ2n) is 5.11. The van der Waals surface area contributed by atoms with E-state index in [-0.39, 0.29) is 5.91 Å². The van der Waals surface area contributed by atoms with Gasteiger partial charge in [0.05, 0.1) is 5.56 Å². The maximum Gasteiger partial charge on any atom is 0.253 e. The van der Waals surface area contributed by atoms with Crippen LogP contribution >= 0.6 is 11.6 Å². The summed E-state index contributed by atoms with van der Waals surface area (Å²) in [6, 6.07) is 4.96. The number of nitrogens with one attached hydrogen (secondary N) is 1. The van der Waals surface area contributed by atoms with Gasteiger partial charge in [-0.25, -0.2) is 0 Å². The van der Waals surface area contributed by atoms with Crippen molar-refractivity contribution < 1.29 is 4.79 Å². The second kappa shape index (κ2) is 5.61. The normalized spacial score (nSPS) is 23.0. The van der Waals surface area contributed by atoms with Gasteiger partial charge < -0.3 is 11.1 Å². The van der Waals surface area contributed by atoms with Crippen LogP contribution < -0.4 is 11.1 Å². The van der Waals surface area contributed by atoms with Crippen molar-refractivity contribution in [3.8, 4) is 0 Å². The van der Waals surface area contributed by atoms with Crippen LogP contribution in [0, 0.1) is 11.8 Å². The number of carbonyl (C=O) groups is 1. The molecule has 4 heteroatoms. The van der Waals surface area contributed by atoms with Gasteiger partial charge in [0.15, 0.2) is 0 Å². The lowest BCUT2D eigenvalue weighted by molar-refractivity contribution is 0.0945. The molecule has 1 aromatic carbocycles. The molecule has 0 bridgehead atoms. The molecule has 3 N–H and O–H groups in total. The average molecular weight is 267 g/mol. The summed E-state index contributed by atoms with van der Waals surface area (Å²) >= 11 is 5.81. The van der Waals surface area contributed by atoms with E-state index in [2.05, 4.69) is 12.2 Å². The molecule has 0 spiro atoms. The summed E-state index contributed by atoms with van der Waals surface area (Å²) in [5.41, 5.74) is 6.72. The molecule has 3 nitrogen and oxygen atoms in total. The number of hydrogen-bond donors (Lipinski definition) is 2. The molecule has 1 aliphatic rings. The number of nitrogens with two attached hydrogens (primary N) is 1. The highest BCUT2D eigenvalue weighted by atomic mass is 35.5. The molecule has 2 rings (SSSR count). The quantitative estimate of drug-likeness (QED) is 0.826. The highest BCUT2D eigenvalue weighted by Crippen LogP contribution is 2.30. The van der Waals surface area contributed by atoms with Crippen LogP contribution in [0.3, 0.4) is 0 Å². The van der Waals surface area contributed by atoms with Crippen molar-refractivity contribution in [1.82, 2.24) is 5.32 Å². The Kier molecular flexibility index (Phi) is 4.12. The summed E-state index contributed by atoms with van der Waals surface area (Å²) in [6.45, 7) is 2.99. The van der Waals surface area contributed by atoms with Crippen molar-refractivity contribution >= 4 is 23.2 Å². The fourth-order valence-corrected chi connectivity index (χ4v) is 2.77. The van der Waals surface area contributed by atoms with E-state index in [4.69, 9.17) is 17.3 Å². The molecule has 1 amide bonds. The zero-order valence-electron chi connectivity index (χ0n) is 10.6. The second-order valence-corrected chi connectivity index (χ2v) is 5.55. The number of hydrogen-bond acceptors (Lipinski definition) is 2. The molecule has 2 atom stereocenters. The van der Waals surface area contributed by atoms with Crippen LogP contribution in [0.4, 0.5) is 5.69 Å². The van der Waals surface area contributed by atoms with E-state index >= 15 is 0 Å². The van der Waals surface area contributed by atoms with Crippen molar-refractivity contribution in [2.75, 3.05) is 12.3 Å². The largest absolute Gasteiger partial charge is 0.398 e. The molecule has 0 radical (unpaired) electrons. The van der Waals surface area contributed by atoms with Gasteiger partial charge in [0, 0.05) is 17.3 Å². The van der Waals surface area contributed by atoms with Gasteiger partial charge in [0.1, 0.15) is 0 Å². The highest BCUT2D eigenvalue weighted by Gasteiger charge is 2.23. The maximum atomic E-state index is 12.0. The molecule has 2 unspecified atom stereocenters. The molecule has 0 aliphatic heterocycles. The fourth-order valence-electron chi connectivity index (χ4n) is 2.58. The first kappa shape index (κ1) is 13.2. The summed E-state index contributed by atoms with van der Waals surface area (Å²) in [6.07, 6.45) is 3.74. The van der Waals surface area contributed by atoms with Gasteiger partial charge in [0.2, 0.25) is 0 Å². The third-order valence-corrected chi connectivity index (χ3v) is 4.06. The molecule has 0 aromatic heterocycles. The Hall–Kier alpha value is -1.22. The van der Waals surface area contributed by atoms with E-state index in [1.165, 1.54) is 19.3 Å². The van der Waals surface area contributed by atoms with Crippen molar-refractivity contribution in [1.29, 1.82) is 0 Å². The summed E-state index contributed by atoms with van der Waals surface area (Å²) in [5, 5.41) is 3.52. The van der Waals surface area contributed by atoms with Crippen LogP contribution in [-0.2, 0) is 0 Å². The van der Waals surface area contributed by atoms with E-state index < -0.39 is 0 Å². The van der Waals surface area contributed by atoms with E-state index in [1.807, 2.05) is 0 Å². The molecule has 18 heavy (non-hydrogen) atoms. The van der Waals surface area contributed by atoms with Crippen LogP contribution in [0.2, 0.25) is 5.02 Å². The van der Waals surface area contributed by atoms with Crippen molar-refractivity contribution in [3.05, 3.63) is 28.8 Å². The minimum atomic E-state index is -0.108. The maximum absolute atomic E-state index is 12.0. The first-order valence-electron chi connectivity index (χ1n) is 6.41. The lowest BCUT2D eigenvalue weighted by Gasteiger charge is -2.16. The fraction of sp³-hybridized carbons (Fsp3) is 0.500. The first-order chi connectivity index (χ1) is 8.58. The van der Waals surface area contributed by atoms with E-state index in [1.54, 1.807) is 18.2 Å². The third kappa shape index (κ3) is 2.96.